The Hall–Kier alpha value is -3.97. The number of anilines is 1. The Morgan fingerprint density at radius 2 is 1.76 bits per heavy atom. The van der Waals surface area contributed by atoms with Crippen molar-refractivity contribution in [3.8, 4) is 11.1 Å². The first-order chi connectivity index (χ1) is 16.5. The average Bonchev–Trinajstić information content (AvgIpc) is 3.29. The first-order valence-corrected chi connectivity index (χ1v) is 11.1. The van der Waals surface area contributed by atoms with Crippen molar-refractivity contribution in [3.63, 3.8) is 0 Å². The second-order valence-electron chi connectivity index (χ2n) is 8.19. The summed E-state index contributed by atoms with van der Waals surface area (Å²) in [5.74, 6) is -0.597. The number of aliphatic hydroxyl groups is 1. The summed E-state index contributed by atoms with van der Waals surface area (Å²) in [5.41, 5.74) is 5.50. The van der Waals surface area contributed by atoms with Gasteiger partial charge in [-0.3, -0.25) is 9.59 Å². The van der Waals surface area contributed by atoms with Crippen molar-refractivity contribution in [1.29, 1.82) is 0 Å². The van der Waals surface area contributed by atoms with Crippen LogP contribution in [0.2, 0.25) is 0 Å². The summed E-state index contributed by atoms with van der Waals surface area (Å²) < 4.78 is 0. The Labute approximate surface area is 198 Å². The molecule has 0 bridgehead atoms. The number of oxime groups is 1. The summed E-state index contributed by atoms with van der Waals surface area (Å²) in [6.07, 6.45) is 0.272. The molecule has 34 heavy (non-hydrogen) atoms. The maximum atomic E-state index is 13.4. The summed E-state index contributed by atoms with van der Waals surface area (Å²) in [7, 11) is 1.44. The highest BCUT2D eigenvalue weighted by molar-refractivity contribution is 6.08. The standard InChI is InChI=1S/C27H27N3O4/c1-18-7-3-5-9-23(18)19-11-13-20(14-12-19)27(33)30-16-22(29-34-2)15-25(30)26(32)28-24-10-6-4-8-21(24)17-31/h3-14,25,31H,15-17H2,1-2H3,(H,28,32)/t25-/m0/s1. The molecule has 0 spiro atoms. The molecule has 0 aromatic heterocycles. The molecule has 1 fully saturated rings. The van der Waals surface area contributed by atoms with Gasteiger partial charge in [0.15, 0.2) is 0 Å². The number of carbonyl (C=O) groups excluding carboxylic acids is 2. The van der Waals surface area contributed by atoms with Crippen LogP contribution in [0.3, 0.4) is 0 Å². The van der Waals surface area contributed by atoms with E-state index >= 15 is 0 Å². The molecule has 1 saturated heterocycles. The number of amides is 2. The Morgan fingerprint density at radius 3 is 2.47 bits per heavy atom. The van der Waals surface area contributed by atoms with Crippen molar-refractivity contribution in [2.24, 2.45) is 5.16 Å². The molecule has 1 heterocycles. The Kier molecular flexibility index (Phi) is 7.04. The number of rotatable bonds is 6. The van der Waals surface area contributed by atoms with Crippen LogP contribution in [0, 0.1) is 6.92 Å². The van der Waals surface area contributed by atoms with E-state index in [0.29, 0.717) is 22.5 Å². The minimum atomic E-state index is -0.746. The summed E-state index contributed by atoms with van der Waals surface area (Å²) in [5, 5.41) is 16.4. The third kappa shape index (κ3) is 4.84. The van der Waals surface area contributed by atoms with Crippen LogP contribution in [0.4, 0.5) is 5.69 Å². The van der Waals surface area contributed by atoms with E-state index in [1.54, 1.807) is 36.4 Å². The molecule has 2 amide bonds. The number of aliphatic hydroxyl groups excluding tert-OH is 1. The topological polar surface area (TPSA) is 91.2 Å². The maximum absolute atomic E-state index is 13.4. The van der Waals surface area contributed by atoms with E-state index in [2.05, 4.69) is 10.5 Å². The van der Waals surface area contributed by atoms with Crippen LogP contribution >= 0.6 is 0 Å². The van der Waals surface area contributed by atoms with E-state index in [0.717, 1.165) is 16.7 Å². The van der Waals surface area contributed by atoms with Crippen molar-refractivity contribution in [3.05, 3.63) is 89.5 Å². The van der Waals surface area contributed by atoms with E-state index < -0.39 is 6.04 Å². The maximum Gasteiger partial charge on any atom is 0.254 e. The van der Waals surface area contributed by atoms with Crippen LogP contribution in [-0.4, -0.2) is 47.2 Å². The summed E-state index contributed by atoms with van der Waals surface area (Å²) >= 11 is 0. The summed E-state index contributed by atoms with van der Waals surface area (Å²) in [6.45, 7) is 2.05. The quantitative estimate of drug-likeness (QED) is 0.547. The molecular formula is C27H27N3O4. The lowest BCUT2D eigenvalue weighted by molar-refractivity contribution is -0.119. The molecule has 1 aliphatic rings. The highest BCUT2D eigenvalue weighted by Crippen LogP contribution is 2.26. The molecule has 1 aliphatic heterocycles. The molecule has 0 saturated carbocycles. The van der Waals surface area contributed by atoms with Crippen molar-refractivity contribution in [2.75, 3.05) is 19.0 Å². The number of nitrogens with one attached hydrogen (secondary N) is 1. The van der Waals surface area contributed by atoms with Crippen molar-refractivity contribution >= 4 is 23.2 Å². The van der Waals surface area contributed by atoms with Gasteiger partial charge < -0.3 is 20.2 Å². The van der Waals surface area contributed by atoms with Crippen LogP contribution in [0.15, 0.2) is 78.0 Å². The van der Waals surface area contributed by atoms with E-state index in [-0.39, 0.29) is 31.4 Å². The summed E-state index contributed by atoms with van der Waals surface area (Å²) in [4.78, 5) is 33.0. The van der Waals surface area contributed by atoms with Gasteiger partial charge in [0.2, 0.25) is 5.91 Å². The van der Waals surface area contributed by atoms with Gasteiger partial charge in [-0.15, -0.1) is 0 Å². The first-order valence-electron chi connectivity index (χ1n) is 11.1. The van der Waals surface area contributed by atoms with Crippen molar-refractivity contribution in [2.45, 2.75) is 26.0 Å². The lowest BCUT2D eigenvalue weighted by Crippen LogP contribution is -2.43. The number of benzene rings is 3. The van der Waals surface area contributed by atoms with Crippen LogP contribution in [-0.2, 0) is 16.2 Å². The third-order valence-corrected chi connectivity index (χ3v) is 5.98. The monoisotopic (exact) mass is 457 g/mol. The van der Waals surface area contributed by atoms with Crippen LogP contribution in [0.5, 0.6) is 0 Å². The molecule has 0 radical (unpaired) electrons. The lowest BCUT2D eigenvalue weighted by atomic mass is 9.99. The number of hydrogen-bond donors (Lipinski definition) is 2. The minimum Gasteiger partial charge on any atom is -0.399 e. The van der Waals surface area contributed by atoms with Crippen LogP contribution in [0.25, 0.3) is 11.1 Å². The number of para-hydroxylation sites is 1. The lowest BCUT2D eigenvalue weighted by Gasteiger charge is -2.24. The van der Waals surface area contributed by atoms with Gasteiger partial charge in [-0.1, -0.05) is 59.8 Å². The number of carbonyl (C=O) groups is 2. The van der Waals surface area contributed by atoms with E-state index in [4.69, 9.17) is 4.84 Å². The van der Waals surface area contributed by atoms with Crippen molar-refractivity contribution in [1.82, 2.24) is 4.90 Å². The normalized spacial score (nSPS) is 16.5. The first kappa shape index (κ1) is 23.2. The molecule has 7 heteroatoms. The fourth-order valence-electron chi connectivity index (χ4n) is 4.20. The van der Waals surface area contributed by atoms with Crippen LogP contribution in [0.1, 0.15) is 27.9 Å². The molecule has 4 rings (SSSR count). The Balaban J connectivity index is 1.57. The second kappa shape index (κ2) is 10.3. The highest BCUT2D eigenvalue weighted by Gasteiger charge is 2.38. The predicted octanol–water partition coefficient (Wildman–Crippen LogP) is 4.01. The van der Waals surface area contributed by atoms with Gasteiger partial charge in [0.1, 0.15) is 13.2 Å². The van der Waals surface area contributed by atoms with Gasteiger partial charge in [-0.05, 0) is 41.8 Å². The third-order valence-electron chi connectivity index (χ3n) is 5.98. The number of nitrogens with zero attached hydrogens (tertiary/aromatic N) is 2. The largest absolute Gasteiger partial charge is 0.399 e. The highest BCUT2D eigenvalue weighted by atomic mass is 16.6. The predicted molar refractivity (Wildman–Crippen MR) is 131 cm³/mol. The molecule has 7 nitrogen and oxygen atoms in total. The molecule has 3 aromatic carbocycles. The zero-order chi connectivity index (χ0) is 24.1. The summed E-state index contributed by atoms with van der Waals surface area (Å²) in [6, 6.07) is 21.8. The van der Waals surface area contributed by atoms with Gasteiger partial charge in [-0.2, -0.15) is 0 Å². The average molecular weight is 458 g/mol. The molecule has 174 valence electrons. The van der Waals surface area contributed by atoms with Crippen molar-refractivity contribution < 1.29 is 19.5 Å². The van der Waals surface area contributed by atoms with Gasteiger partial charge in [0, 0.05) is 23.2 Å². The fraction of sp³-hybridized carbons (Fsp3) is 0.222. The van der Waals surface area contributed by atoms with Gasteiger partial charge in [0.05, 0.1) is 18.9 Å². The van der Waals surface area contributed by atoms with E-state index in [1.165, 1.54) is 12.0 Å². The second-order valence-corrected chi connectivity index (χ2v) is 8.19. The molecule has 3 aromatic rings. The zero-order valence-electron chi connectivity index (χ0n) is 19.2. The molecular weight excluding hydrogens is 430 g/mol. The SMILES string of the molecule is CON=C1C[C@@H](C(=O)Nc2ccccc2CO)N(C(=O)c2ccc(-c3ccccc3C)cc2)C1. The molecule has 0 unspecified atom stereocenters. The number of hydrogen-bond acceptors (Lipinski definition) is 5. The van der Waals surface area contributed by atoms with E-state index in [1.807, 2.05) is 43.3 Å². The zero-order valence-corrected chi connectivity index (χ0v) is 19.2. The Morgan fingerprint density at radius 1 is 1.06 bits per heavy atom. The number of aryl methyl sites for hydroxylation is 1. The number of likely N-dealkylation sites (tertiary alicyclic amines) is 1. The smallest absolute Gasteiger partial charge is 0.254 e. The molecule has 2 N–H and O–H groups in total. The van der Waals surface area contributed by atoms with Crippen LogP contribution < -0.4 is 5.32 Å². The van der Waals surface area contributed by atoms with E-state index in [9.17, 15) is 14.7 Å². The van der Waals surface area contributed by atoms with Gasteiger partial charge >= 0.3 is 0 Å². The van der Waals surface area contributed by atoms with Gasteiger partial charge in [0.25, 0.3) is 5.91 Å². The molecule has 1 atom stereocenters. The molecule has 0 aliphatic carbocycles. The fourth-order valence-corrected chi connectivity index (χ4v) is 4.20. The Bertz CT molecular complexity index is 1220. The van der Waals surface area contributed by atoms with Gasteiger partial charge in [-0.25, -0.2) is 0 Å². The minimum absolute atomic E-state index is 0.200.